The molecular formula is C16H13ClN4OS. The van der Waals surface area contributed by atoms with Crippen LogP contribution in [0.3, 0.4) is 0 Å². The Kier molecular flexibility index (Phi) is 4.64. The number of nitrogens with one attached hydrogen (secondary N) is 1. The van der Waals surface area contributed by atoms with Crippen LogP contribution in [-0.4, -0.2) is 26.9 Å². The number of nitrogens with zero attached hydrogens (tertiary/aromatic N) is 3. The molecule has 1 N–H and O–H groups in total. The molecule has 0 saturated heterocycles. The van der Waals surface area contributed by atoms with Crippen LogP contribution in [0, 0.1) is 0 Å². The molecule has 0 spiro atoms. The van der Waals surface area contributed by atoms with Gasteiger partial charge in [0.1, 0.15) is 12.7 Å². The Morgan fingerprint density at radius 1 is 1.17 bits per heavy atom. The second kappa shape index (κ2) is 6.85. The number of halogens is 1. The molecule has 0 atom stereocenters. The lowest BCUT2D eigenvalue weighted by atomic mass is 10.2. The molecule has 5 nitrogen and oxygen atoms in total. The van der Waals surface area contributed by atoms with Crippen molar-refractivity contribution in [3.05, 3.63) is 65.7 Å². The Hall–Kier alpha value is -2.31. The Bertz CT molecular complexity index is 836. The van der Waals surface area contributed by atoms with E-state index in [0.29, 0.717) is 10.6 Å². The van der Waals surface area contributed by atoms with Crippen molar-refractivity contribution in [2.75, 3.05) is 11.6 Å². The number of rotatable bonds is 4. The molecule has 116 valence electrons. The van der Waals surface area contributed by atoms with Crippen molar-refractivity contribution in [1.29, 1.82) is 0 Å². The summed E-state index contributed by atoms with van der Waals surface area (Å²) in [6.07, 6.45) is 5.13. The van der Waals surface area contributed by atoms with Gasteiger partial charge in [0, 0.05) is 16.3 Å². The second-order valence-corrected chi connectivity index (χ2v) is 6.01. The summed E-state index contributed by atoms with van der Waals surface area (Å²) in [7, 11) is 0. The molecule has 1 aromatic heterocycles. The van der Waals surface area contributed by atoms with Gasteiger partial charge in [-0.2, -0.15) is 0 Å². The maximum atomic E-state index is 12.4. The number of carbonyl (C=O) groups excluding carboxylic acids is 1. The molecule has 0 fully saturated rings. The zero-order chi connectivity index (χ0) is 16.2. The van der Waals surface area contributed by atoms with Crippen molar-refractivity contribution in [3.8, 4) is 5.69 Å². The van der Waals surface area contributed by atoms with Gasteiger partial charge in [0.25, 0.3) is 5.91 Å². The summed E-state index contributed by atoms with van der Waals surface area (Å²) in [6.45, 7) is 0. The van der Waals surface area contributed by atoms with E-state index < -0.39 is 0 Å². The highest BCUT2D eigenvalue weighted by Crippen LogP contribution is 2.23. The highest BCUT2D eigenvalue weighted by atomic mass is 35.5. The predicted molar refractivity (Wildman–Crippen MR) is 92.5 cm³/mol. The fraction of sp³-hybridized carbons (Fsp3) is 0.0625. The molecule has 3 rings (SSSR count). The van der Waals surface area contributed by atoms with Crippen LogP contribution in [0.1, 0.15) is 10.4 Å². The van der Waals surface area contributed by atoms with Gasteiger partial charge in [0.05, 0.1) is 10.6 Å². The van der Waals surface area contributed by atoms with E-state index in [1.807, 2.05) is 30.5 Å². The van der Waals surface area contributed by atoms with Gasteiger partial charge < -0.3 is 5.32 Å². The molecule has 0 unspecified atom stereocenters. The Balaban J connectivity index is 1.82. The van der Waals surface area contributed by atoms with Gasteiger partial charge in [-0.25, -0.2) is 0 Å². The van der Waals surface area contributed by atoms with Gasteiger partial charge in [-0.1, -0.05) is 17.7 Å². The van der Waals surface area contributed by atoms with Gasteiger partial charge in [-0.15, -0.1) is 22.0 Å². The number of hydrogen-bond acceptors (Lipinski definition) is 4. The first-order valence-electron chi connectivity index (χ1n) is 6.77. The van der Waals surface area contributed by atoms with Crippen LogP contribution in [0.4, 0.5) is 5.69 Å². The third-order valence-corrected chi connectivity index (χ3v) is 4.28. The van der Waals surface area contributed by atoms with E-state index in [9.17, 15) is 4.79 Å². The molecule has 0 aliphatic carbocycles. The summed E-state index contributed by atoms with van der Waals surface area (Å²) in [5.74, 6) is -0.247. The zero-order valence-electron chi connectivity index (χ0n) is 12.2. The number of hydrogen-bond donors (Lipinski definition) is 1. The molecule has 0 aliphatic rings. The Morgan fingerprint density at radius 3 is 2.65 bits per heavy atom. The van der Waals surface area contributed by atoms with E-state index in [2.05, 4.69) is 15.5 Å². The summed E-state index contributed by atoms with van der Waals surface area (Å²) in [5, 5.41) is 10.7. The van der Waals surface area contributed by atoms with Gasteiger partial charge in [0.15, 0.2) is 0 Å². The zero-order valence-corrected chi connectivity index (χ0v) is 13.8. The minimum atomic E-state index is -0.247. The molecule has 0 radical (unpaired) electrons. The number of carbonyl (C=O) groups is 1. The summed E-state index contributed by atoms with van der Waals surface area (Å²) in [5.41, 5.74) is 1.94. The largest absolute Gasteiger partial charge is 0.322 e. The van der Waals surface area contributed by atoms with Crippen molar-refractivity contribution < 1.29 is 4.79 Å². The maximum Gasteiger partial charge on any atom is 0.257 e. The fourth-order valence-corrected chi connectivity index (χ4v) is 2.80. The Morgan fingerprint density at radius 2 is 1.96 bits per heavy atom. The lowest BCUT2D eigenvalue weighted by Gasteiger charge is -2.09. The first kappa shape index (κ1) is 15.6. The second-order valence-electron chi connectivity index (χ2n) is 4.72. The summed E-state index contributed by atoms with van der Waals surface area (Å²) in [6, 6.07) is 12.8. The van der Waals surface area contributed by atoms with Crippen LogP contribution in [0.5, 0.6) is 0 Å². The SMILES string of the molecule is CSc1cccc(NC(=O)c2ccc(-n3cnnc3)cc2Cl)c1. The molecular weight excluding hydrogens is 332 g/mol. The molecule has 7 heteroatoms. The van der Waals surface area contributed by atoms with Crippen molar-refractivity contribution >= 4 is 35.0 Å². The van der Waals surface area contributed by atoms with Crippen LogP contribution in [-0.2, 0) is 0 Å². The van der Waals surface area contributed by atoms with E-state index in [-0.39, 0.29) is 5.91 Å². The van der Waals surface area contributed by atoms with Crippen LogP contribution < -0.4 is 5.32 Å². The normalized spacial score (nSPS) is 10.5. The predicted octanol–water partition coefficient (Wildman–Crippen LogP) is 3.89. The first-order valence-corrected chi connectivity index (χ1v) is 8.37. The molecule has 23 heavy (non-hydrogen) atoms. The number of aromatic nitrogens is 3. The smallest absolute Gasteiger partial charge is 0.257 e. The van der Waals surface area contributed by atoms with Crippen molar-refractivity contribution in [1.82, 2.24) is 14.8 Å². The fourth-order valence-electron chi connectivity index (χ4n) is 2.08. The number of benzene rings is 2. The highest BCUT2D eigenvalue weighted by Gasteiger charge is 2.12. The van der Waals surface area contributed by atoms with Gasteiger partial charge in [-0.05, 0) is 42.7 Å². The number of amides is 1. The van der Waals surface area contributed by atoms with E-state index in [0.717, 1.165) is 16.3 Å². The summed E-state index contributed by atoms with van der Waals surface area (Å²) < 4.78 is 1.72. The minimum absolute atomic E-state index is 0.247. The van der Waals surface area contributed by atoms with Crippen LogP contribution in [0.15, 0.2) is 60.0 Å². The van der Waals surface area contributed by atoms with Crippen molar-refractivity contribution in [2.24, 2.45) is 0 Å². The average molecular weight is 345 g/mol. The van der Waals surface area contributed by atoms with Crippen molar-refractivity contribution in [3.63, 3.8) is 0 Å². The number of anilines is 1. The van der Waals surface area contributed by atoms with Crippen LogP contribution in [0.2, 0.25) is 5.02 Å². The monoisotopic (exact) mass is 344 g/mol. The highest BCUT2D eigenvalue weighted by molar-refractivity contribution is 7.98. The summed E-state index contributed by atoms with van der Waals surface area (Å²) >= 11 is 7.86. The van der Waals surface area contributed by atoms with E-state index >= 15 is 0 Å². The van der Waals surface area contributed by atoms with E-state index in [1.165, 1.54) is 0 Å². The topological polar surface area (TPSA) is 59.8 Å². The molecule has 2 aromatic carbocycles. The van der Waals surface area contributed by atoms with E-state index in [1.54, 1.807) is 47.2 Å². The third-order valence-electron chi connectivity index (χ3n) is 3.24. The molecule has 0 aliphatic heterocycles. The van der Waals surface area contributed by atoms with Gasteiger partial charge in [0.2, 0.25) is 0 Å². The number of thioether (sulfide) groups is 1. The molecule has 0 saturated carbocycles. The molecule has 0 bridgehead atoms. The molecule has 3 aromatic rings. The maximum absolute atomic E-state index is 12.4. The molecule has 1 amide bonds. The van der Waals surface area contributed by atoms with Crippen LogP contribution in [0.25, 0.3) is 5.69 Å². The van der Waals surface area contributed by atoms with Crippen molar-refractivity contribution in [2.45, 2.75) is 4.90 Å². The Labute approximate surface area is 142 Å². The average Bonchev–Trinajstić information content (AvgIpc) is 3.09. The quantitative estimate of drug-likeness (QED) is 0.729. The minimum Gasteiger partial charge on any atom is -0.322 e. The van der Waals surface area contributed by atoms with Crippen LogP contribution >= 0.6 is 23.4 Å². The third kappa shape index (κ3) is 3.55. The lowest BCUT2D eigenvalue weighted by molar-refractivity contribution is 0.102. The lowest BCUT2D eigenvalue weighted by Crippen LogP contribution is -2.12. The standard InChI is InChI=1S/C16H13ClN4OS/c1-23-13-4-2-3-11(7-13)20-16(22)14-6-5-12(8-15(14)17)21-9-18-19-10-21/h2-10H,1H3,(H,20,22). The van der Waals surface area contributed by atoms with Gasteiger partial charge >= 0.3 is 0 Å². The van der Waals surface area contributed by atoms with Gasteiger partial charge in [-0.3, -0.25) is 9.36 Å². The van der Waals surface area contributed by atoms with E-state index in [4.69, 9.17) is 11.6 Å². The molecule has 1 heterocycles. The summed E-state index contributed by atoms with van der Waals surface area (Å²) in [4.78, 5) is 13.5. The first-order chi connectivity index (χ1) is 11.2.